The van der Waals surface area contributed by atoms with Gasteiger partial charge in [0.05, 0.1) is 4.90 Å². The van der Waals surface area contributed by atoms with Crippen LogP contribution in [0.15, 0.2) is 29.2 Å². The number of hydrogen-bond donors (Lipinski definition) is 2. The van der Waals surface area contributed by atoms with E-state index in [-0.39, 0.29) is 16.4 Å². The molecule has 1 atom stereocenters. The van der Waals surface area contributed by atoms with Gasteiger partial charge in [-0.2, -0.15) is 4.31 Å². The maximum Gasteiger partial charge on any atom is 0.489 e. The van der Waals surface area contributed by atoms with Crippen LogP contribution < -0.4 is 5.46 Å². The standard InChI is InChI=1S/C11H18BNO4S/c1-4-9(2)13(3)18(16,17)11-8-6-5-7-10(11)12(14)15/h5-9,14-15H,4H2,1-3H3. The third-order valence-electron chi connectivity index (χ3n) is 3.07. The highest BCUT2D eigenvalue weighted by Gasteiger charge is 2.29. The Morgan fingerprint density at radius 3 is 2.39 bits per heavy atom. The van der Waals surface area contributed by atoms with Gasteiger partial charge in [-0.25, -0.2) is 8.42 Å². The molecule has 0 aliphatic heterocycles. The second-order valence-corrected chi connectivity index (χ2v) is 6.16. The highest BCUT2D eigenvalue weighted by atomic mass is 32.2. The fourth-order valence-electron chi connectivity index (χ4n) is 1.58. The van der Waals surface area contributed by atoms with Crippen LogP contribution in [0.25, 0.3) is 0 Å². The number of nitrogens with zero attached hydrogens (tertiary/aromatic N) is 1. The molecule has 18 heavy (non-hydrogen) atoms. The van der Waals surface area contributed by atoms with Crippen LogP contribution in [-0.2, 0) is 10.0 Å². The molecule has 2 N–H and O–H groups in total. The SMILES string of the molecule is CCC(C)N(C)S(=O)(=O)c1ccccc1B(O)O. The van der Waals surface area contributed by atoms with Gasteiger partial charge in [0.25, 0.3) is 0 Å². The normalized spacial score (nSPS) is 13.7. The Morgan fingerprint density at radius 2 is 1.89 bits per heavy atom. The number of sulfonamides is 1. The quantitative estimate of drug-likeness (QED) is 0.726. The Kier molecular flexibility index (Phi) is 4.92. The monoisotopic (exact) mass is 271 g/mol. The van der Waals surface area contributed by atoms with Crippen molar-refractivity contribution in [2.24, 2.45) is 0 Å². The average molecular weight is 271 g/mol. The Labute approximate surface area is 108 Å². The van der Waals surface area contributed by atoms with Crippen molar-refractivity contribution >= 4 is 22.6 Å². The summed E-state index contributed by atoms with van der Waals surface area (Å²) in [6.07, 6.45) is 0.680. The van der Waals surface area contributed by atoms with Gasteiger partial charge in [-0.1, -0.05) is 25.1 Å². The minimum atomic E-state index is -3.71. The predicted molar refractivity (Wildman–Crippen MR) is 71.0 cm³/mol. The van der Waals surface area contributed by atoms with E-state index in [0.717, 1.165) is 0 Å². The lowest BCUT2D eigenvalue weighted by molar-refractivity contribution is 0.380. The molecule has 0 heterocycles. The molecule has 1 aromatic carbocycles. The van der Waals surface area contributed by atoms with Crippen LogP contribution in [0.3, 0.4) is 0 Å². The molecule has 1 rings (SSSR count). The van der Waals surface area contributed by atoms with E-state index >= 15 is 0 Å². The van der Waals surface area contributed by atoms with Crippen molar-refractivity contribution in [3.63, 3.8) is 0 Å². The lowest BCUT2D eigenvalue weighted by Crippen LogP contribution is -2.41. The molecule has 0 aromatic heterocycles. The Balaban J connectivity index is 3.29. The summed E-state index contributed by atoms with van der Waals surface area (Å²) in [4.78, 5) is -0.0669. The fraction of sp³-hybridized carbons (Fsp3) is 0.455. The molecule has 5 nitrogen and oxygen atoms in total. The predicted octanol–water partition coefficient (Wildman–Crippen LogP) is -0.215. The number of hydrogen-bond acceptors (Lipinski definition) is 4. The summed E-state index contributed by atoms with van der Waals surface area (Å²) in [5.74, 6) is 0. The van der Waals surface area contributed by atoms with Crippen LogP contribution in [-0.4, -0.2) is 43.0 Å². The minimum absolute atomic E-state index is 0.00680. The van der Waals surface area contributed by atoms with Crippen LogP contribution in [0.1, 0.15) is 20.3 Å². The summed E-state index contributed by atoms with van der Waals surface area (Å²) in [5.41, 5.74) is -0.00680. The van der Waals surface area contributed by atoms with Gasteiger partial charge >= 0.3 is 7.12 Å². The second-order valence-electron chi connectivity index (χ2n) is 4.19. The first-order valence-electron chi connectivity index (χ1n) is 5.75. The summed E-state index contributed by atoms with van der Waals surface area (Å²) >= 11 is 0. The number of rotatable bonds is 5. The van der Waals surface area contributed by atoms with Crippen LogP contribution >= 0.6 is 0 Å². The third kappa shape index (κ3) is 2.92. The lowest BCUT2D eigenvalue weighted by atomic mass is 9.80. The van der Waals surface area contributed by atoms with Gasteiger partial charge in [-0.15, -0.1) is 0 Å². The van der Waals surface area contributed by atoms with Gasteiger partial charge in [-0.05, 0) is 19.4 Å². The summed E-state index contributed by atoms with van der Waals surface area (Å²) in [6, 6.07) is 5.74. The lowest BCUT2D eigenvalue weighted by Gasteiger charge is -2.24. The third-order valence-corrected chi connectivity index (χ3v) is 5.11. The Morgan fingerprint density at radius 1 is 1.33 bits per heavy atom. The summed E-state index contributed by atoms with van der Waals surface area (Å²) in [5, 5.41) is 18.4. The van der Waals surface area contributed by atoms with E-state index in [4.69, 9.17) is 0 Å². The molecule has 0 saturated carbocycles. The topological polar surface area (TPSA) is 77.8 Å². The van der Waals surface area contributed by atoms with Crippen molar-refractivity contribution in [2.75, 3.05) is 7.05 Å². The number of benzene rings is 1. The maximum absolute atomic E-state index is 12.4. The van der Waals surface area contributed by atoms with Gasteiger partial charge in [-0.3, -0.25) is 0 Å². The van der Waals surface area contributed by atoms with Gasteiger partial charge < -0.3 is 10.0 Å². The van der Waals surface area contributed by atoms with Gasteiger partial charge in [0.15, 0.2) is 0 Å². The largest absolute Gasteiger partial charge is 0.489 e. The van der Waals surface area contributed by atoms with E-state index in [1.807, 2.05) is 6.92 Å². The summed E-state index contributed by atoms with van der Waals surface area (Å²) in [7, 11) is -4.03. The van der Waals surface area contributed by atoms with Crippen molar-refractivity contribution in [2.45, 2.75) is 31.2 Å². The van der Waals surface area contributed by atoms with Crippen LogP contribution in [0, 0.1) is 0 Å². The molecule has 0 amide bonds. The van der Waals surface area contributed by atoms with Gasteiger partial charge in [0.2, 0.25) is 10.0 Å². The highest BCUT2D eigenvalue weighted by molar-refractivity contribution is 7.89. The molecule has 7 heteroatoms. The van der Waals surface area contributed by atoms with E-state index in [1.165, 1.54) is 23.5 Å². The zero-order chi connectivity index (χ0) is 13.9. The van der Waals surface area contributed by atoms with E-state index in [2.05, 4.69) is 0 Å². The molecule has 1 aromatic rings. The molecular weight excluding hydrogens is 253 g/mol. The van der Waals surface area contributed by atoms with E-state index in [9.17, 15) is 18.5 Å². The smallest absolute Gasteiger partial charge is 0.423 e. The zero-order valence-corrected chi connectivity index (χ0v) is 11.6. The fourth-order valence-corrected chi connectivity index (χ4v) is 3.23. The van der Waals surface area contributed by atoms with E-state index in [1.54, 1.807) is 19.1 Å². The molecule has 1 unspecified atom stereocenters. The molecule has 0 radical (unpaired) electrons. The molecule has 0 aliphatic rings. The average Bonchev–Trinajstić information content (AvgIpc) is 2.36. The highest BCUT2D eigenvalue weighted by Crippen LogP contribution is 2.16. The van der Waals surface area contributed by atoms with Crippen molar-refractivity contribution in [3.8, 4) is 0 Å². The molecule has 0 spiro atoms. The van der Waals surface area contributed by atoms with Crippen molar-refractivity contribution < 1.29 is 18.5 Å². The van der Waals surface area contributed by atoms with Crippen LogP contribution in [0.4, 0.5) is 0 Å². The Bertz CT molecular complexity index is 504. The van der Waals surface area contributed by atoms with E-state index in [0.29, 0.717) is 6.42 Å². The van der Waals surface area contributed by atoms with Crippen LogP contribution in [0.5, 0.6) is 0 Å². The maximum atomic E-state index is 12.4. The zero-order valence-electron chi connectivity index (χ0n) is 10.7. The first-order chi connectivity index (χ1) is 8.32. The molecule has 0 bridgehead atoms. The first kappa shape index (κ1) is 15.2. The molecular formula is C11H18BNO4S. The van der Waals surface area contributed by atoms with Crippen molar-refractivity contribution in [3.05, 3.63) is 24.3 Å². The van der Waals surface area contributed by atoms with Crippen molar-refractivity contribution in [1.29, 1.82) is 0 Å². The minimum Gasteiger partial charge on any atom is -0.423 e. The summed E-state index contributed by atoms with van der Waals surface area (Å²) < 4.78 is 26.0. The summed E-state index contributed by atoms with van der Waals surface area (Å²) in [6.45, 7) is 3.69. The first-order valence-corrected chi connectivity index (χ1v) is 7.19. The Hall–Kier alpha value is -0.885. The van der Waals surface area contributed by atoms with Gasteiger partial charge in [0, 0.05) is 18.6 Å². The molecule has 0 saturated heterocycles. The molecule has 100 valence electrons. The molecule has 0 aliphatic carbocycles. The van der Waals surface area contributed by atoms with Gasteiger partial charge in [0.1, 0.15) is 0 Å². The molecule has 0 fully saturated rings. The van der Waals surface area contributed by atoms with E-state index < -0.39 is 17.1 Å². The van der Waals surface area contributed by atoms with Crippen molar-refractivity contribution in [1.82, 2.24) is 4.31 Å². The van der Waals surface area contributed by atoms with Crippen LogP contribution in [0.2, 0.25) is 0 Å². The second kappa shape index (κ2) is 5.84.